The summed E-state index contributed by atoms with van der Waals surface area (Å²) in [4.78, 5) is 60.3. The van der Waals surface area contributed by atoms with Crippen LogP contribution in [0.15, 0.2) is 128 Å². The van der Waals surface area contributed by atoms with Gasteiger partial charge in [-0.1, -0.05) is 91.0 Å². The van der Waals surface area contributed by atoms with Gasteiger partial charge in [0.25, 0.3) is 5.91 Å². The van der Waals surface area contributed by atoms with E-state index in [0.717, 1.165) is 39.3 Å². The van der Waals surface area contributed by atoms with Crippen molar-refractivity contribution >= 4 is 54.5 Å². The van der Waals surface area contributed by atoms with Crippen LogP contribution in [-0.4, -0.2) is 63.6 Å². The highest BCUT2D eigenvalue weighted by Gasteiger charge is 2.66. The number of anilines is 5. The first-order chi connectivity index (χ1) is 31.0. The van der Waals surface area contributed by atoms with E-state index in [2.05, 4.69) is 16.4 Å². The highest BCUT2D eigenvalue weighted by atomic mass is 28.4. The average molecular weight is 873 g/mol. The molecule has 1 unspecified atom stereocenters. The molecular formula is C51H52N6O6Si. The van der Waals surface area contributed by atoms with Crippen LogP contribution in [0.2, 0.25) is 18.6 Å². The number of aromatic nitrogens is 3. The number of aryl methyl sites for hydroxylation is 3. The number of hydrogen-bond acceptors (Lipinski definition) is 8. The van der Waals surface area contributed by atoms with Crippen LogP contribution in [-0.2, 0) is 50.7 Å². The quantitative estimate of drug-likeness (QED) is 0.125. The lowest BCUT2D eigenvalue weighted by molar-refractivity contribution is -0.146. The normalized spacial score (nSPS) is 22.2. The Morgan fingerprint density at radius 1 is 0.766 bits per heavy atom. The van der Waals surface area contributed by atoms with Crippen LogP contribution in [0.4, 0.5) is 28.4 Å². The van der Waals surface area contributed by atoms with Gasteiger partial charge in [0, 0.05) is 54.0 Å². The molecule has 3 amide bonds. The van der Waals surface area contributed by atoms with Crippen LogP contribution in [0.25, 0.3) is 0 Å². The van der Waals surface area contributed by atoms with E-state index < -0.39 is 25.9 Å². The number of amides is 3. The maximum atomic E-state index is 15.6. The summed E-state index contributed by atoms with van der Waals surface area (Å²) in [6.07, 6.45) is 3.88. The molecule has 5 heterocycles. The summed E-state index contributed by atoms with van der Waals surface area (Å²) in [7, 11) is -3.03. The van der Waals surface area contributed by atoms with Gasteiger partial charge in [-0.25, -0.2) is 0 Å². The zero-order valence-electron chi connectivity index (χ0n) is 36.3. The SMILES string of the molecule is C[C@H]1[C@H]([Si](C)(C)O)[C@@H](CCn2cc(C(CO)c3ccccc3)nn2)O[C@]12C(=O)N(Cc1cccc(N3C(=O)CCc4ccccc43)c1)c1ccc(N3C(=O)CCc4ccccc43)cc12. The Morgan fingerprint density at radius 2 is 1.41 bits per heavy atom. The highest BCUT2D eigenvalue weighted by Crippen LogP contribution is 2.60. The summed E-state index contributed by atoms with van der Waals surface area (Å²) in [5.74, 6) is -1.02. The molecule has 5 atom stereocenters. The Morgan fingerprint density at radius 3 is 2.06 bits per heavy atom. The number of carbonyl (C=O) groups is 3. The minimum atomic E-state index is -3.03. The number of hydrogen-bond donors (Lipinski definition) is 2. The molecule has 6 aromatic rings. The monoisotopic (exact) mass is 872 g/mol. The van der Waals surface area contributed by atoms with E-state index in [4.69, 9.17) is 4.74 Å². The molecule has 0 aliphatic carbocycles. The van der Waals surface area contributed by atoms with Crippen LogP contribution in [0.3, 0.4) is 0 Å². The number of fused-ring (bicyclic) bond motifs is 4. The van der Waals surface area contributed by atoms with Crippen LogP contribution >= 0.6 is 0 Å². The first kappa shape index (κ1) is 41.7. The van der Waals surface area contributed by atoms with Crippen molar-refractivity contribution in [3.05, 3.63) is 161 Å². The van der Waals surface area contributed by atoms with Crippen LogP contribution in [0.1, 0.15) is 65.6 Å². The summed E-state index contributed by atoms with van der Waals surface area (Å²) in [6, 6.07) is 39.2. The minimum Gasteiger partial charge on any atom is -0.432 e. The average Bonchev–Trinajstić information content (AvgIpc) is 3.96. The fraction of sp³-hybridized carbons (Fsp3) is 0.314. The first-order valence-corrected chi connectivity index (χ1v) is 25.3. The topological polar surface area (TPSA) is 141 Å². The molecule has 5 aromatic carbocycles. The fourth-order valence-electron chi connectivity index (χ4n) is 10.9. The fourth-order valence-corrected chi connectivity index (χ4v) is 13.5. The smallest absolute Gasteiger partial charge is 0.264 e. The van der Waals surface area contributed by atoms with E-state index in [1.807, 2.05) is 141 Å². The van der Waals surface area contributed by atoms with Gasteiger partial charge in [-0.05, 0) is 97.1 Å². The van der Waals surface area contributed by atoms with Gasteiger partial charge < -0.3 is 19.5 Å². The second kappa shape index (κ2) is 16.4. The largest absolute Gasteiger partial charge is 0.432 e. The lowest BCUT2D eigenvalue weighted by atomic mass is 9.82. The van der Waals surface area contributed by atoms with Crippen LogP contribution in [0.5, 0.6) is 0 Å². The minimum absolute atomic E-state index is 0.0198. The summed E-state index contributed by atoms with van der Waals surface area (Å²) in [5, 5.41) is 19.2. The summed E-state index contributed by atoms with van der Waals surface area (Å²) >= 11 is 0. The predicted octanol–water partition coefficient (Wildman–Crippen LogP) is 8.06. The second-order valence-corrected chi connectivity index (χ2v) is 22.2. The Hall–Kier alpha value is -6.25. The molecule has 1 fully saturated rings. The molecule has 13 heteroatoms. The molecular weight excluding hydrogens is 821 g/mol. The number of rotatable bonds is 11. The maximum Gasteiger partial charge on any atom is 0.264 e. The van der Waals surface area contributed by atoms with E-state index in [0.29, 0.717) is 61.3 Å². The number of aliphatic hydroxyl groups excluding tert-OH is 1. The molecule has 12 nitrogen and oxygen atoms in total. The van der Waals surface area contributed by atoms with Gasteiger partial charge in [-0.15, -0.1) is 5.10 Å². The first-order valence-electron chi connectivity index (χ1n) is 22.3. The molecule has 64 heavy (non-hydrogen) atoms. The van der Waals surface area contributed by atoms with Crippen molar-refractivity contribution < 1.29 is 29.0 Å². The number of carbonyl (C=O) groups excluding carboxylic acids is 3. The lowest BCUT2D eigenvalue weighted by Gasteiger charge is -2.33. The van der Waals surface area contributed by atoms with Crippen LogP contribution in [0, 0.1) is 5.92 Å². The van der Waals surface area contributed by atoms with E-state index >= 15 is 4.79 Å². The summed E-state index contributed by atoms with van der Waals surface area (Å²) < 4.78 is 9.02. The Balaban J connectivity index is 1.02. The standard InChI is InChI=1S/C51H52N6O6Si/c1-33-49(64(2,3)62)46(26-27-54-31-42(52-53-54)40(32-58)35-13-5-4-6-14-35)63-51(33)41-29-39(57-44-19-10-8-16-37(44)21-25-48(57)60)22-23-45(41)55(50(51)61)30-34-12-11-17-38(28-34)56-43-18-9-7-15-36(43)20-24-47(56)59/h4-19,22-23,28-29,31,33,40,46,49,58,62H,20-21,24-27,30,32H2,1-3H3/t33-,40?,46+,49-,51+/m0/s1. The van der Waals surface area contributed by atoms with Gasteiger partial charge in [0.2, 0.25) is 11.8 Å². The van der Waals surface area contributed by atoms with E-state index in [1.165, 1.54) is 0 Å². The number of ether oxygens (including phenoxy) is 1. The third-order valence-corrected chi connectivity index (χ3v) is 16.4. The number of nitrogens with zero attached hydrogens (tertiary/aromatic N) is 6. The van der Waals surface area contributed by atoms with Crippen molar-refractivity contribution in [3.63, 3.8) is 0 Å². The molecule has 1 saturated heterocycles. The second-order valence-electron chi connectivity index (χ2n) is 18.2. The Bertz CT molecular complexity index is 2770. The molecule has 0 radical (unpaired) electrons. The molecule has 0 saturated carbocycles. The molecule has 2 N–H and O–H groups in total. The molecule has 4 aliphatic rings. The van der Waals surface area contributed by atoms with E-state index in [1.54, 1.807) is 19.4 Å². The van der Waals surface area contributed by atoms with Crippen molar-refractivity contribution in [2.75, 3.05) is 21.3 Å². The van der Waals surface area contributed by atoms with Crippen molar-refractivity contribution in [1.82, 2.24) is 15.0 Å². The maximum absolute atomic E-state index is 15.6. The van der Waals surface area contributed by atoms with Gasteiger partial charge in [-0.3, -0.25) is 28.9 Å². The van der Waals surface area contributed by atoms with Gasteiger partial charge in [0.05, 0.1) is 47.9 Å². The van der Waals surface area contributed by atoms with Crippen molar-refractivity contribution in [2.45, 2.75) is 88.4 Å². The van der Waals surface area contributed by atoms with Gasteiger partial charge >= 0.3 is 0 Å². The zero-order chi connectivity index (χ0) is 44.3. The number of para-hydroxylation sites is 2. The molecule has 4 aliphatic heterocycles. The van der Waals surface area contributed by atoms with Crippen molar-refractivity contribution in [1.29, 1.82) is 0 Å². The zero-order valence-corrected chi connectivity index (χ0v) is 37.3. The Kier molecular flexibility index (Phi) is 10.7. The summed E-state index contributed by atoms with van der Waals surface area (Å²) in [6.45, 7) is 6.33. The molecule has 1 aromatic heterocycles. The summed E-state index contributed by atoms with van der Waals surface area (Å²) in [5.41, 5.74) is 7.20. The lowest BCUT2D eigenvalue weighted by Crippen LogP contribution is -2.46. The van der Waals surface area contributed by atoms with Crippen LogP contribution < -0.4 is 14.7 Å². The number of aliphatic hydroxyl groups is 1. The Labute approximate surface area is 373 Å². The molecule has 10 rings (SSSR count). The predicted molar refractivity (Wildman–Crippen MR) is 247 cm³/mol. The van der Waals surface area contributed by atoms with Crippen molar-refractivity contribution in [2.24, 2.45) is 5.92 Å². The molecule has 1 spiro atoms. The third kappa shape index (κ3) is 7.07. The van der Waals surface area contributed by atoms with E-state index in [-0.39, 0.29) is 42.3 Å². The van der Waals surface area contributed by atoms with Gasteiger partial charge in [0.1, 0.15) is 0 Å². The van der Waals surface area contributed by atoms with E-state index in [9.17, 15) is 19.5 Å². The van der Waals surface area contributed by atoms with Crippen molar-refractivity contribution in [3.8, 4) is 0 Å². The number of benzene rings is 5. The highest BCUT2D eigenvalue weighted by molar-refractivity contribution is 6.71. The molecule has 0 bridgehead atoms. The van der Waals surface area contributed by atoms with Gasteiger partial charge in [-0.2, -0.15) is 0 Å². The molecule has 326 valence electrons. The third-order valence-electron chi connectivity index (χ3n) is 13.9. The van der Waals surface area contributed by atoms with Gasteiger partial charge in [0.15, 0.2) is 13.9 Å².